The second-order valence-corrected chi connectivity index (χ2v) is 6.85. The van der Waals surface area contributed by atoms with Crippen LogP contribution in [0.25, 0.3) is 0 Å². The van der Waals surface area contributed by atoms with E-state index in [1.54, 1.807) is 32.9 Å². The van der Waals surface area contributed by atoms with Crippen molar-refractivity contribution in [2.75, 3.05) is 7.11 Å². The third-order valence-corrected chi connectivity index (χ3v) is 4.15. The average molecular weight is 271 g/mol. The molecular formula is C13H21NO3S. The first kappa shape index (κ1) is 15.0. The zero-order chi connectivity index (χ0) is 14.0. The summed E-state index contributed by atoms with van der Waals surface area (Å²) in [5.74, 6) is 0.365. The summed E-state index contributed by atoms with van der Waals surface area (Å²) < 4.78 is 32.4. The molecule has 1 aromatic rings. The highest BCUT2D eigenvalue weighted by Gasteiger charge is 2.25. The number of aryl methyl sites for hydroxylation is 1. The van der Waals surface area contributed by atoms with Gasteiger partial charge >= 0.3 is 0 Å². The fourth-order valence-corrected chi connectivity index (χ4v) is 3.25. The van der Waals surface area contributed by atoms with Gasteiger partial charge in [-0.05, 0) is 44.9 Å². The molecule has 0 aliphatic heterocycles. The van der Waals surface area contributed by atoms with E-state index in [9.17, 15) is 8.42 Å². The van der Waals surface area contributed by atoms with E-state index in [4.69, 9.17) is 4.74 Å². The first-order valence-corrected chi connectivity index (χ1v) is 7.39. The zero-order valence-electron chi connectivity index (χ0n) is 11.6. The van der Waals surface area contributed by atoms with E-state index in [1.165, 1.54) is 7.11 Å². The number of methoxy groups -OCH3 is 1. The molecule has 0 aliphatic rings. The SMILES string of the molecule is CCc1ccc(OC)c(S(=O)(=O)NC(C)(C)C)c1. The van der Waals surface area contributed by atoms with Gasteiger partial charge in [0.15, 0.2) is 0 Å². The number of benzene rings is 1. The van der Waals surface area contributed by atoms with Gasteiger partial charge in [-0.25, -0.2) is 13.1 Å². The van der Waals surface area contributed by atoms with Gasteiger partial charge in [0.2, 0.25) is 10.0 Å². The lowest BCUT2D eigenvalue weighted by Crippen LogP contribution is -2.40. The monoisotopic (exact) mass is 271 g/mol. The highest BCUT2D eigenvalue weighted by Crippen LogP contribution is 2.26. The van der Waals surface area contributed by atoms with Crippen LogP contribution in [0, 0.1) is 0 Å². The lowest BCUT2D eigenvalue weighted by molar-refractivity contribution is 0.401. The molecule has 4 nitrogen and oxygen atoms in total. The van der Waals surface area contributed by atoms with Gasteiger partial charge in [0.1, 0.15) is 10.6 Å². The molecule has 0 heterocycles. The summed E-state index contributed by atoms with van der Waals surface area (Å²) in [6.45, 7) is 7.40. The summed E-state index contributed by atoms with van der Waals surface area (Å²) in [6.07, 6.45) is 0.780. The number of hydrogen-bond acceptors (Lipinski definition) is 3. The van der Waals surface area contributed by atoms with E-state index in [1.807, 2.05) is 13.0 Å². The van der Waals surface area contributed by atoms with Crippen molar-refractivity contribution in [1.82, 2.24) is 4.72 Å². The molecule has 0 unspecified atom stereocenters. The Kier molecular flexibility index (Phi) is 4.40. The van der Waals surface area contributed by atoms with E-state index in [-0.39, 0.29) is 4.90 Å². The zero-order valence-corrected chi connectivity index (χ0v) is 12.4. The summed E-state index contributed by atoms with van der Waals surface area (Å²) in [7, 11) is -2.10. The van der Waals surface area contributed by atoms with Crippen LogP contribution in [0.5, 0.6) is 5.75 Å². The minimum absolute atomic E-state index is 0.194. The van der Waals surface area contributed by atoms with Gasteiger partial charge in [0.25, 0.3) is 0 Å². The summed E-state index contributed by atoms with van der Waals surface area (Å²) >= 11 is 0. The molecule has 0 saturated heterocycles. The van der Waals surface area contributed by atoms with Crippen molar-refractivity contribution in [3.8, 4) is 5.75 Å². The molecule has 0 amide bonds. The Labute approximate surface area is 109 Å². The molecule has 1 N–H and O–H groups in total. The summed E-state index contributed by atoms with van der Waals surface area (Å²) in [4.78, 5) is 0.194. The van der Waals surface area contributed by atoms with Crippen LogP contribution in [0.2, 0.25) is 0 Å². The molecule has 0 saturated carbocycles. The molecular weight excluding hydrogens is 250 g/mol. The molecule has 18 heavy (non-hydrogen) atoms. The first-order valence-electron chi connectivity index (χ1n) is 5.90. The Morgan fingerprint density at radius 3 is 2.33 bits per heavy atom. The van der Waals surface area contributed by atoms with Gasteiger partial charge in [-0.1, -0.05) is 13.0 Å². The van der Waals surface area contributed by atoms with Gasteiger partial charge in [0, 0.05) is 5.54 Å². The van der Waals surface area contributed by atoms with Gasteiger partial charge in [-0.2, -0.15) is 0 Å². The Bertz CT molecular complexity index is 516. The third-order valence-electron chi connectivity index (χ3n) is 2.37. The van der Waals surface area contributed by atoms with Crippen LogP contribution in [0.3, 0.4) is 0 Å². The van der Waals surface area contributed by atoms with Crippen molar-refractivity contribution in [3.63, 3.8) is 0 Å². The van der Waals surface area contributed by atoms with Crippen molar-refractivity contribution in [2.24, 2.45) is 0 Å². The molecule has 102 valence electrons. The first-order chi connectivity index (χ1) is 8.19. The Balaban J connectivity index is 3.29. The maximum absolute atomic E-state index is 12.3. The topological polar surface area (TPSA) is 55.4 Å². The van der Waals surface area contributed by atoms with Crippen LogP contribution in [0.15, 0.2) is 23.1 Å². The molecule has 0 atom stereocenters. The fourth-order valence-electron chi connectivity index (χ4n) is 1.61. The summed E-state index contributed by atoms with van der Waals surface area (Å²) in [5.41, 5.74) is 0.441. The fraction of sp³-hybridized carbons (Fsp3) is 0.538. The Hall–Kier alpha value is -1.07. The van der Waals surface area contributed by atoms with Crippen molar-refractivity contribution >= 4 is 10.0 Å². The maximum atomic E-state index is 12.3. The molecule has 1 rings (SSSR count). The average Bonchev–Trinajstić information content (AvgIpc) is 2.25. The van der Waals surface area contributed by atoms with E-state index < -0.39 is 15.6 Å². The molecule has 0 spiro atoms. The quantitative estimate of drug-likeness (QED) is 0.914. The number of ether oxygens (including phenoxy) is 1. The van der Waals surface area contributed by atoms with Crippen LogP contribution in [-0.4, -0.2) is 21.1 Å². The van der Waals surface area contributed by atoms with Crippen molar-refractivity contribution < 1.29 is 13.2 Å². The molecule has 0 fully saturated rings. The predicted molar refractivity (Wildman–Crippen MR) is 72.4 cm³/mol. The highest BCUT2D eigenvalue weighted by molar-refractivity contribution is 7.89. The molecule has 1 aromatic carbocycles. The van der Waals surface area contributed by atoms with Gasteiger partial charge in [-0.15, -0.1) is 0 Å². The second kappa shape index (κ2) is 5.28. The van der Waals surface area contributed by atoms with Crippen molar-refractivity contribution in [3.05, 3.63) is 23.8 Å². The van der Waals surface area contributed by atoms with Gasteiger partial charge < -0.3 is 4.74 Å². The molecule has 0 aromatic heterocycles. The normalized spacial score (nSPS) is 12.5. The van der Waals surface area contributed by atoms with E-state index in [2.05, 4.69) is 4.72 Å². The number of sulfonamides is 1. The standard InChI is InChI=1S/C13H21NO3S/c1-6-10-7-8-11(17-5)12(9-10)18(15,16)14-13(2,3)4/h7-9,14H,6H2,1-5H3. The molecule has 5 heteroatoms. The second-order valence-electron chi connectivity index (χ2n) is 5.19. The largest absolute Gasteiger partial charge is 0.495 e. The van der Waals surface area contributed by atoms with Crippen LogP contribution in [0.1, 0.15) is 33.3 Å². The van der Waals surface area contributed by atoms with Crippen molar-refractivity contribution in [2.45, 2.75) is 44.6 Å². The lowest BCUT2D eigenvalue weighted by Gasteiger charge is -2.21. The van der Waals surface area contributed by atoms with Crippen LogP contribution in [-0.2, 0) is 16.4 Å². The maximum Gasteiger partial charge on any atom is 0.244 e. The Morgan fingerprint density at radius 2 is 1.89 bits per heavy atom. The van der Waals surface area contributed by atoms with E-state index in [0.29, 0.717) is 5.75 Å². The number of nitrogens with one attached hydrogen (secondary N) is 1. The van der Waals surface area contributed by atoms with Crippen molar-refractivity contribution in [1.29, 1.82) is 0 Å². The minimum Gasteiger partial charge on any atom is -0.495 e. The highest BCUT2D eigenvalue weighted by atomic mass is 32.2. The molecule has 0 aliphatic carbocycles. The number of rotatable bonds is 4. The van der Waals surface area contributed by atoms with E-state index in [0.717, 1.165) is 12.0 Å². The Morgan fingerprint density at radius 1 is 1.28 bits per heavy atom. The van der Waals surface area contributed by atoms with Crippen LogP contribution < -0.4 is 9.46 Å². The minimum atomic E-state index is -3.57. The van der Waals surface area contributed by atoms with Gasteiger partial charge in [0.05, 0.1) is 7.11 Å². The predicted octanol–water partition coefficient (Wildman–Crippen LogP) is 2.33. The lowest BCUT2D eigenvalue weighted by atomic mass is 10.1. The van der Waals surface area contributed by atoms with Crippen LogP contribution >= 0.6 is 0 Å². The summed E-state index contributed by atoms with van der Waals surface area (Å²) in [6, 6.07) is 5.22. The summed E-state index contributed by atoms with van der Waals surface area (Å²) in [5, 5.41) is 0. The van der Waals surface area contributed by atoms with Gasteiger partial charge in [-0.3, -0.25) is 0 Å². The number of hydrogen-bond donors (Lipinski definition) is 1. The third kappa shape index (κ3) is 3.71. The molecule has 0 radical (unpaired) electrons. The molecule has 0 bridgehead atoms. The van der Waals surface area contributed by atoms with E-state index >= 15 is 0 Å². The van der Waals surface area contributed by atoms with Crippen LogP contribution in [0.4, 0.5) is 0 Å². The smallest absolute Gasteiger partial charge is 0.244 e.